The van der Waals surface area contributed by atoms with E-state index in [0.29, 0.717) is 17.0 Å². The maximum Gasteiger partial charge on any atom is 0.357 e. The second-order valence-corrected chi connectivity index (χ2v) is 7.13. The molecule has 2 heterocycles. The number of aryl methyl sites for hydroxylation is 3. The fourth-order valence-electron chi connectivity index (χ4n) is 3.23. The summed E-state index contributed by atoms with van der Waals surface area (Å²) >= 11 is 0. The van der Waals surface area contributed by atoms with Crippen LogP contribution in [0.3, 0.4) is 0 Å². The molecule has 0 fully saturated rings. The van der Waals surface area contributed by atoms with Gasteiger partial charge in [-0.15, -0.1) is 5.10 Å². The van der Waals surface area contributed by atoms with Gasteiger partial charge < -0.3 is 9.15 Å². The van der Waals surface area contributed by atoms with Crippen LogP contribution in [-0.2, 0) is 16.1 Å². The molecule has 0 aliphatic heterocycles. The number of esters is 1. The molecule has 156 valence electrons. The number of carbonyl (C=O) groups excluding carboxylic acids is 1. The summed E-state index contributed by atoms with van der Waals surface area (Å²) < 4.78 is 12.3. The molecule has 0 bridgehead atoms. The number of hydrogen-bond acceptors (Lipinski definition) is 7. The second-order valence-electron chi connectivity index (χ2n) is 7.13. The molecule has 8 nitrogen and oxygen atoms in total. The third kappa shape index (κ3) is 4.13. The summed E-state index contributed by atoms with van der Waals surface area (Å²) in [4.78, 5) is 25.1. The highest BCUT2D eigenvalue weighted by Gasteiger charge is 2.19. The van der Waals surface area contributed by atoms with E-state index in [1.807, 2.05) is 56.3 Å². The summed E-state index contributed by atoms with van der Waals surface area (Å²) in [7, 11) is 0. The number of benzene rings is 2. The van der Waals surface area contributed by atoms with Crippen molar-refractivity contribution in [3.05, 3.63) is 87.0 Å². The third-order valence-electron chi connectivity index (χ3n) is 5.04. The van der Waals surface area contributed by atoms with Crippen molar-refractivity contribution in [1.29, 1.82) is 0 Å². The number of nitrogens with zero attached hydrogens (tertiary/aromatic N) is 4. The van der Waals surface area contributed by atoms with E-state index in [0.717, 1.165) is 22.1 Å². The predicted octanol–water partition coefficient (Wildman–Crippen LogP) is 3.45. The molecule has 8 heteroatoms. The van der Waals surface area contributed by atoms with Gasteiger partial charge in [0.25, 0.3) is 0 Å². The Balaban J connectivity index is 1.68. The minimum absolute atomic E-state index is 0.100. The van der Waals surface area contributed by atoms with Gasteiger partial charge in [-0.1, -0.05) is 42.5 Å². The number of tetrazole rings is 1. The van der Waals surface area contributed by atoms with Crippen LogP contribution >= 0.6 is 0 Å². The Morgan fingerprint density at radius 3 is 2.61 bits per heavy atom. The Bertz CT molecular complexity index is 1350. The third-order valence-corrected chi connectivity index (χ3v) is 5.04. The Kier molecular flexibility index (Phi) is 5.44. The molecule has 0 amide bonds. The van der Waals surface area contributed by atoms with E-state index < -0.39 is 11.6 Å². The number of ether oxygens (including phenoxy) is 1. The van der Waals surface area contributed by atoms with Crippen LogP contribution in [0.5, 0.6) is 0 Å². The molecule has 31 heavy (non-hydrogen) atoms. The van der Waals surface area contributed by atoms with Crippen molar-refractivity contribution in [1.82, 2.24) is 20.2 Å². The van der Waals surface area contributed by atoms with Gasteiger partial charge in [-0.25, -0.2) is 9.59 Å². The van der Waals surface area contributed by atoms with Crippen molar-refractivity contribution < 1.29 is 13.9 Å². The molecule has 0 unspecified atom stereocenters. The van der Waals surface area contributed by atoms with Crippen molar-refractivity contribution in [2.24, 2.45) is 0 Å². The normalized spacial score (nSPS) is 11.6. The smallest absolute Gasteiger partial charge is 0.357 e. The molecule has 0 saturated carbocycles. The van der Waals surface area contributed by atoms with Crippen molar-refractivity contribution in [2.45, 2.75) is 27.4 Å². The van der Waals surface area contributed by atoms with Crippen LogP contribution in [0.1, 0.15) is 28.1 Å². The van der Waals surface area contributed by atoms with Gasteiger partial charge in [0.2, 0.25) is 0 Å². The first-order chi connectivity index (χ1) is 14.9. The van der Waals surface area contributed by atoms with E-state index in [1.54, 1.807) is 13.0 Å². The Morgan fingerprint density at radius 2 is 1.90 bits per heavy atom. The van der Waals surface area contributed by atoms with Crippen molar-refractivity contribution in [2.75, 3.05) is 0 Å². The monoisotopic (exact) mass is 416 g/mol. The average molecular weight is 416 g/mol. The van der Waals surface area contributed by atoms with Crippen LogP contribution in [0.15, 0.2) is 57.7 Å². The molecule has 4 aromatic rings. The van der Waals surface area contributed by atoms with Crippen LogP contribution in [0.25, 0.3) is 22.7 Å². The SMILES string of the molecule is Cc1ccc2c(COC(=O)/C(=C/c3ccccc3)n3nnnc3C)cc(=O)oc2c1C. The van der Waals surface area contributed by atoms with E-state index >= 15 is 0 Å². The lowest BCUT2D eigenvalue weighted by molar-refractivity contribution is -0.138. The van der Waals surface area contributed by atoms with Gasteiger partial charge in [0.15, 0.2) is 11.5 Å². The molecular weight excluding hydrogens is 396 g/mol. The minimum atomic E-state index is -0.621. The topological polar surface area (TPSA) is 100 Å². The fraction of sp³-hybridized carbons (Fsp3) is 0.174. The highest BCUT2D eigenvalue weighted by Crippen LogP contribution is 2.24. The molecular formula is C23H20N4O4. The van der Waals surface area contributed by atoms with Crippen LogP contribution in [0.2, 0.25) is 0 Å². The zero-order chi connectivity index (χ0) is 22.0. The number of hydrogen-bond donors (Lipinski definition) is 0. The first-order valence-corrected chi connectivity index (χ1v) is 9.66. The first-order valence-electron chi connectivity index (χ1n) is 9.66. The summed E-state index contributed by atoms with van der Waals surface area (Å²) in [6.07, 6.45) is 1.65. The van der Waals surface area contributed by atoms with E-state index in [4.69, 9.17) is 9.15 Å². The summed E-state index contributed by atoms with van der Waals surface area (Å²) in [6.45, 7) is 5.41. The Labute approximate surface area is 177 Å². The van der Waals surface area contributed by atoms with Crippen molar-refractivity contribution in [3.63, 3.8) is 0 Å². The van der Waals surface area contributed by atoms with Gasteiger partial charge in [0.05, 0.1) is 0 Å². The highest BCUT2D eigenvalue weighted by molar-refractivity contribution is 6.15. The van der Waals surface area contributed by atoms with Gasteiger partial charge in [-0.3, -0.25) is 0 Å². The first kappa shape index (κ1) is 20.2. The van der Waals surface area contributed by atoms with Crippen LogP contribution in [-0.4, -0.2) is 26.2 Å². The molecule has 0 N–H and O–H groups in total. The molecule has 0 atom stereocenters. The van der Waals surface area contributed by atoms with Crippen LogP contribution in [0, 0.1) is 20.8 Å². The van der Waals surface area contributed by atoms with E-state index in [9.17, 15) is 9.59 Å². The molecule has 4 rings (SSSR count). The summed E-state index contributed by atoms with van der Waals surface area (Å²) in [5, 5.41) is 12.1. The number of aromatic nitrogens is 4. The summed E-state index contributed by atoms with van der Waals surface area (Å²) in [5.74, 6) is -0.180. The molecule has 0 spiro atoms. The van der Waals surface area contributed by atoms with Gasteiger partial charge >= 0.3 is 11.6 Å². The maximum absolute atomic E-state index is 13.0. The zero-order valence-corrected chi connectivity index (χ0v) is 17.3. The minimum Gasteiger partial charge on any atom is -0.456 e. The summed E-state index contributed by atoms with van der Waals surface area (Å²) in [6, 6.07) is 14.5. The van der Waals surface area contributed by atoms with Crippen molar-refractivity contribution in [3.8, 4) is 0 Å². The van der Waals surface area contributed by atoms with E-state index in [2.05, 4.69) is 15.5 Å². The van der Waals surface area contributed by atoms with Crippen LogP contribution < -0.4 is 5.63 Å². The lowest BCUT2D eigenvalue weighted by Gasteiger charge is -2.11. The maximum atomic E-state index is 13.0. The molecule has 0 saturated heterocycles. The summed E-state index contributed by atoms with van der Waals surface area (Å²) in [5.41, 5.74) is 3.40. The standard InChI is InChI=1S/C23H20N4O4/c1-14-9-10-19-18(12-21(28)31-22(19)15(14)2)13-30-23(29)20(27-16(3)24-25-26-27)11-17-7-5-4-6-8-17/h4-12H,13H2,1-3H3/b20-11-. The quantitative estimate of drug-likeness (QED) is 0.279. The zero-order valence-electron chi connectivity index (χ0n) is 17.3. The molecule has 2 aromatic carbocycles. The molecule has 0 aliphatic rings. The number of fused-ring (bicyclic) bond motifs is 1. The van der Waals surface area contributed by atoms with Gasteiger partial charge in [-0.2, -0.15) is 4.68 Å². The molecule has 2 aromatic heterocycles. The molecule has 0 aliphatic carbocycles. The van der Waals surface area contributed by atoms with Gasteiger partial charge in [-0.05, 0) is 54.0 Å². The van der Waals surface area contributed by atoms with Crippen molar-refractivity contribution >= 4 is 28.7 Å². The lowest BCUT2D eigenvalue weighted by atomic mass is 10.0. The Morgan fingerprint density at radius 1 is 1.13 bits per heavy atom. The number of rotatable bonds is 5. The van der Waals surface area contributed by atoms with E-state index in [1.165, 1.54) is 10.7 Å². The van der Waals surface area contributed by atoms with E-state index in [-0.39, 0.29) is 12.3 Å². The van der Waals surface area contributed by atoms with Gasteiger partial charge in [0, 0.05) is 17.0 Å². The predicted molar refractivity (Wildman–Crippen MR) is 115 cm³/mol. The average Bonchev–Trinajstić information content (AvgIpc) is 3.19. The highest BCUT2D eigenvalue weighted by atomic mass is 16.5. The lowest BCUT2D eigenvalue weighted by Crippen LogP contribution is -2.15. The van der Waals surface area contributed by atoms with Gasteiger partial charge in [0.1, 0.15) is 12.2 Å². The fourth-order valence-corrected chi connectivity index (χ4v) is 3.23. The second kappa shape index (κ2) is 8.35. The molecule has 0 radical (unpaired) electrons. The Hall–Kier alpha value is -4.07. The largest absolute Gasteiger partial charge is 0.456 e. The van der Waals surface area contributed by atoms with Crippen LogP contribution in [0.4, 0.5) is 0 Å². The number of carbonyl (C=O) groups is 1.